The molecule has 0 aliphatic carbocycles. The molecule has 2 nitrogen and oxygen atoms in total. The Labute approximate surface area is 144 Å². The zero-order valence-corrected chi connectivity index (χ0v) is 16.0. The van der Waals surface area contributed by atoms with E-state index in [-0.39, 0.29) is 11.8 Å². The van der Waals surface area contributed by atoms with E-state index >= 15 is 0 Å². The highest BCUT2D eigenvalue weighted by molar-refractivity contribution is 6.27. The van der Waals surface area contributed by atoms with E-state index in [1.165, 1.54) is 51.4 Å². The first-order valence-electron chi connectivity index (χ1n) is 9.56. The highest BCUT2D eigenvalue weighted by Gasteiger charge is 2.21. The van der Waals surface area contributed by atoms with Crippen molar-refractivity contribution in [3.05, 3.63) is 0 Å². The number of amides is 1. The van der Waals surface area contributed by atoms with Gasteiger partial charge in [0.15, 0.2) is 0 Å². The maximum Gasteiger partial charge on any atom is 0.237 e. The van der Waals surface area contributed by atoms with Gasteiger partial charge in [-0.15, -0.1) is 11.6 Å². The molecule has 3 heteroatoms. The molecule has 0 aliphatic rings. The number of hydrogen-bond donors (Lipinski definition) is 0. The summed E-state index contributed by atoms with van der Waals surface area (Å²) in [6.07, 6.45) is 14.7. The van der Waals surface area contributed by atoms with E-state index in [4.69, 9.17) is 11.6 Å². The van der Waals surface area contributed by atoms with Gasteiger partial charge in [0.2, 0.25) is 5.91 Å². The van der Waals surface area contributed by atoms with Crippen LogP contribution in [0, 0.1) is 0 Å². The van der Waals surface area contributed by atoms with Crippen molar-refractivity contribution in [2.45, 2.75) is 104 Å². The van der Waals surface area contributed by atoms with Crippen LogP contribution >= 0.6 is 11.6 Å². The van der Waals surface area contributed by atoms with Crippen LogP contribution < -0.4 is 0 Å². The Bertz CT molecular complexity index is 246. The lowest BCUT2D eigenvalue weighted by atomic mass is 9.99. The van der Waals surface area contributed by atoms with Crippen molar-refractivity contribution in [3.63, 3.8) is 0 Å². The molecule has 1 amide bonds. The summed E-state index contributed by atoms with van der Waals surface area (Å²) in [6, 6.07) is 0.409. The Kier molecular flexibility index (Phi) is 15.5. The van der Waals surface area contributed by atoms with Crippen LogP contribution in [0.1, 0.15) is 97.8 Å². The number of alkyl halides is 1. The van der Waals surface area contributed by atoms with Crippen molar-refractivity contribution in [1.82, 2.24) is 4.90 Å². The Morgan fingerprint density at radius 1 is 0.818 bits per heavy atom. The van der Waals surface area contributed by atoms with Crippen molar-refractivity contribution in [2.75, 3.05) is 12.4 Å². The largest absolute Gasteiger partial charge is 0.339 e. The van der Waals surface area contributed by atoms with E-state index in [1.807, 2.05) is 0 Å². The summed E-state index contributed by atoms with van der Waals surface area (Å²) < 4.78 is 0. The van der Waals surface area contributed by atoms with Crippen molar-refractivity contribution in [3.8, 4) is 0 Å². The number of hydrogen-bond acceptors (Lipinski definition) is 1. The molecular weight excluding hydrogens is 294 g/mol. The molecule has 0 unspecified atom stereocenters. The van der Waals surface area contributed by atoms with Crippen molar-refractivity contribution < 1.29 is 4.79 Å². The minimum Gasteiger partial charge on any atom is -0.339 e. The third-order valence-electron chi connectivity index (χ3n) is 4.41. The molecule has 0 saturated heterocycles. The Morgan fingerprint density at radius 3 is 1.73 bits per heavy atom. The molecule has 0 fully saturated rings. The maximum atomic E-state index is 12.2. The fraction of sp³-hybridized carbons (Fsp3) is 0.947. The second kappa shape index (κ2) is 15.6. The third-order valence-corrected chi connectivity index (χ3v) is 4.64. The van der Waals surface area contributed by atoms with Gasteiger partial charge in [-0.3, -0.25) is 4.79 Å². The van der Waals surface area contributed by atoms with E-state index in [0.29, 0.717) is 6.04 Å². The highest BCUT2D eigenvalue weighted by Crippen LogP contribution is 2.19. The lowest BCUT2D eigenvalue weighted by Crippen LogP contribution is -2.41. The standard InChI is InChI=1S/C19H38ClNO/c1-4-7-10-12-14-18(15-13-11-8-5-2)21(16-9-6-3)19(22)17-20/h18H,4-17H2,1-3H3. The normalized spacial score (nSPS) is 11.1. The van der Waals surface area contributed by atoms with Gasteiger partial charge in [0.1, 0.15) is 5.88 Å². The summed E-state index contributed by atoms with van der Waals surface area (Å²) in [7, 11) is 0. The molecule has 0 aromatic carbocycles. The van der Waals surface area contributed by atoms with Gasteiger partial charge in [-0.25, -0.2) is 0 Å². The summed E-state index contributed by atoms with van der Waals surface area (Å²) >= 11 is 5.85. The Hall–Kier alpha value is -0.240. The molecule has 0 aromatic rings. The van der Waals surface area contributed by atoms with Crippen LogP contribution in [-0.2, 0) is 4.79 Å². The van der Waals surface area contributed by atoms with E-state index in [9.17, 15) is 4.79 Å². The molecule has 132 valence electrons. The Balaban J connectivity index is 4.52. The molecule has 0 radical (unpaired) electrons. The molecule has 0 saturated carbocycles. The van der Waals surface area contributed by atoms with E-state index in [0.717, 1.165) is 32.2 Å². The minimum atomic E-state index is 0.129. The van der Waals surface area contributed by atoms with Crippen LogP contribution in [-0.4, -0.2) is 29.3 Å². The molecule has 0 N–H and O–H groups in total. The van der Waals surface area contributed by atoms with Gasteiger partial charge in [-0.2, -0.15) is 0 Å². The predicted octanol–water partition coefficient (Wildman–Crippen LogP) is 6.16. The van der Waals surface area contributed by atoms with Crippen LogP contribution in [0.3, 0.4) is 0 Å². The zero-order valence-electron chi connectivity index (χ0n) is 15.2. The van der Waals surface area contributed by atoms with Gasteiger partial charge in [0.05, 0.1) is 0 Å². The molecule has 0 atom stereocenters. The fourth-order valence-electron chi connectivity index (χ4n) is 2.99. The lowest BCUT2D eigenvalue weighted by Gasteiger charge is -2.32. The van der Waals surface area contributed by atoms with Gasteiger partial charge in [-0.05, 0) is 19.3 Å². The summed E-state index contributed by atoms with van der Waals surface area (Å²) in [6.45, 7) is 7.55. The first-order chi connectivity index (χ1) is 10.7. The lowest BCUT2D eigenvalue weighted by molar-refractivity contribution is -0.131. The SMILES string of the molecule is CCCCCCC(CCCCCC)N(CCCC)C(=O)CCl. The second-order valence-corrected chi connectivity index (χ2v) is 6.69. The smallest absolute Gasteiger partial charge is 0.237 e. The molecule has 0 aliphatic heterocycles. The number of halogens is 1. The van der Waals surface area contributed by atoms with Gasteiger partial charge < -0.3 is 4.90 Å². The number of rotatable bonds is 15. The van der Waals surface area contributed by atoms with E-state index < -0.39 is 0 Å². The number of nitrogens with zero attached hydrogens (tertiary/aromatic N) is 1. The first-order valence-corrected chi connectivity index (χ1v) is 10.1. The predicted molar refractivity (Wildman–Crippen MR) is 98.6 cm³/mol. The van der Waals surface area contributed by atoms with Gasteiger partial charge in [0.25, 0.3) is 0 Å². The van der Waals surface area contributed by atoms with Crippen molar-refractivity contribution in [1.29, 1.82) is 0 Å². The van der Waals surface area contributed by atoms with Crippen LogP contribution in [0.25, 0.3) is 0 Å². The highest BCUT2D eigenvalue weighted by atomic mass is 35.5. The summed E-state index contributed by atoms with van der Waals surface area (Å²) in [5.41, 5.74) is 0. The molecule has 0 spiro atoms. The topological polar surface area (TPSA) is 20.3 Å². The molecule has 0 aromatic heterocycles. The number of carbonyl (C=O) groups excluding carboxylic acids is 1. The monoisotopic (exact) mass is 331 g/mol. The average molecular weight is 332 g/mol. The van der Waals surface area contributed by atoms with Crippen LogP contribution in [0.2, 0.25) is 0 Å². The average Bonchev–Trinajstić information content (AvgIpc) is 2.54. The Morgan fingerprint density at radius 2 is 1.32 bits per heavy atom. The number of unbranched alkanes of at least 4 members (excludes halogenated alkanes) is 7. The quantitative estimate of drug-likeness (QED) is 0.260. The maximum absolute atomic E-state index is 12.2. The fourth-order valence-corrected chi connectivity index (χ4v) is 3.14. The zero-order chi connectivity index (χ0) is 16.6. The molecular formula is C19H38ClNO. The van der Waals surface area contributed by atoms with Crippen LogP contribution in [0.5, 0.6) is 0 Å². The van der Waals surface area contributed by atoms with Gasteiger partial charge in [-0.1, -0.05) is 78.6 Å². The van der Waals surface area contributed by atoms with Gasteiger partial charge in [0, 0.05) is 12.6 Å². The molecule has 0 bridgehead atoms. The molecule has 22 heavy (non-hydrogen) atoms. The minimum absolute atomic E-state index is 0.129. The summed E-state index contributed by atoms with van der Waals surface area (Å²) in [4.78, 5) is 14.3. The van der Waals surface area contributed by atoms with Crippen molar-refractivity contribution >= 4 is 17.5 Å². The van der Waals surface area contributed by atoms with E-state index in [1.54, 1.807) is 0 Å². The third kappa shape index (κ3) is 10.5. The van der Waals surface area contributed by atoms with Gasteiger partial charge >= 0.3 is 0 Å². The van der Waals surface area contributed by atoms with Crippen LogP contribution in [0.4, 0.5) is 0 Å². The molecule has 0 rings (SSSR count). The summed E-state index contributed by atoms with van der Waals surface area (Å²) in [5, 5.41) is 0. The van der Waals surface area contributed by atoms with Crippen LogP contribution in [0.15, 0.2) is 0 Å². The molecule has 0 heterocycles. The van der Waals surface area contributed by atoms with E-state index in [2.05, 4.69) is 25.7 Å². The van der Waals surface area contributed by atoms with Crippen molar-refractivity contribution in [2.24, 2.45) is 0 Å². The second-order valence-electron chi connectivity index (χ2n) is 6.43. The summed E-state index contributed by atoms with van der Waals surface area (Å²) in [5.74, 6) is 0.260. The first kappa shape index (κ1) is 21.8. The number of carbonyl (C=O) groups is 1.